The quantitative estimate of drug-likeness (QED) is 0.211. The molecule has 2 atom stereocenters. The molecule has 10 heteroatoms. The second kappa shape index (κ2) is 13.1. The number of aryl methyl sites for hydroxylation is 1. The van der Waals surface area contributed by atoms with Crippen molar-refractivity contribution in [3.05, 3.63) is 82.7 Å². The summed E-state index contributed by atoms with van der Waals surface area (Å²) < 4.78 is 118. The minimum Gasteiger partial charge on any atom is -0.491 e. The van der Waals surface area contributed by atoms with E-state index in [1.165, 1.54) is 30.3 Å². The summed E-state index contributed by atoms with van der Waals surface area (Å²) in [5, 5.41) is 0. The van der Waals surface area contributed by atoms with E-state index >= 15 is 0 Å². The highest BCUT2D eigenvalue weighted by molar-refractivity contribution is 5.65. The lowest BCUT2D eigenvalue weighted by atomic mass is 9.89. The highest BCUT2D eigenvalue weighted by Gasteiger charge is 2.42. The molecule has 0 aromatic heterocycles. The van der Waals surface area contributed by atoms with Gasteiger partial charge in [0.15, 0.2) is 23.1 Å². The van der Waals surface area contributed by atoms with Crippen molar-refractivity contribution in [1.29, 1.82) is 0 Å². The van der Waals surface area contributed by atoms with Gasteiger partial charge in [0.05, 0.1) is 25.9 Å². The predicted molar refractivity (Wildman–Crippen MR) is 140 cm³/mol. The normalized spacial score (nSPS) is 17.5. The molecule has 1 saturated heterocycles. The summed E-state index contributed by atoms with van der Waals surface area (Å²) in [7, 11) is 0. The van der Waals surface area contributed by atoms with Crippen molar-refractivity contribution in [2.45, 2.75) is 58.0 Å². The van der Waals surface area contributed by atoms with E-state index in [2.05, 4.69) is 0 Å². The zero-order valence-corrected chi connectivity index (χ0v) is 22.7. The van der Waals surface area contributed by atoms with Crippen molar-refractivity contribution in [3.8, 4) is 22.6 Å². The summed E-state index contributed by atoms with van der Waals surface area (Å²) >= 11 is 0. The molecular weight excluding hydrogens is 553 g/mol. The SMILES string of the molecule is CCCc1ccc(-c2ccc(OCCC(F)(F)C3CCC(c4ccc(OCC)c(F)c4F)OC3)c(F)c2F)cc1F. The van der Waals surface area contributed by atoms with Gasteiger partial charge in [-0.3, -0.25) is 0 Å². The Morgan fingerprint density at radius 3 is 2.20 bits per heavy atom. The molecule has 0 radical (unpaired) electrons. The van der Waals surface area contributed by atoms with Gasteiger partial charge in [0.2, 0.25) is 11.6 Å². The third-order valence-electron chi connectivity index (χ3n) is 7.22. The van der Waals surface area contributed by atoms with E-state index in [1.54, 1.807) is 6.92 Å². The Morgan fingerprint density at radius 1 is 0.829 bits per heavy atom. The molecule has 1 aliphatic heterocycles. The number of hydrogen-bond donors (Lipinski definition) is 0. The summed E-state index contributed by atoms with van der Waals surface area (Å²) in [6, 6.07) is 9.04. The number of rotatable bonds is 11. The van der Waals surface area contributed by atoms with Crippen molar-refractivity contribution in [3.63, 3.8) is 0 Å². The van der Waals surface area contributed by atoms with Gasteiger partial charge in [-0.25, -0.2) is 22.0 Å². The first-order chi connectivity index (χ1) is 19.6. The molecular formula is C31H31F7O3. The lowest BCUT2D eigenvalue weighted by Crippen LogP contribution is -2.37. The van der Waals surface area contributed by atoms with Crippen LogP contribution in [0.3, 0.4) is 0 Å². The van der Waals surface area contributed by atoms with Gasteiger partial charge < -0.3 is 14.2 Å². The van der Waals surface area contributed by atoms with Gasteiger partial charge in [-0.05, 0) is 67.6 Å². The number of hydrogen-bond acceptors (Lipinski definition) is 3. The highest BCUT2D eigenvalue weighted by atomic mass is 19.3. The van der Waals surface area contributed by atoms with Gasteiger partial charge in [-0.1, -0.05) is 25.5 Å². The number of benzene rings is 3. The van der Waals surface area contributed by atoms with E-state index in [-0.39, 0.29) is 41.9 Å². The van der Waals surface area contributed by atoms with Crippen LogP contribution in [0.25, 0.3) is 11.1 Å². The smallest absolute Gasteiger partial charge is 0.256 e. The van der Waals surface area contributed by atoms with Crippen LogP contribution in [0.4, 0.5) is 30.7 Å². The zero-order valence-electron chi connectivity index (χ0n) is 22.7. The van der Waals surface area contributed by atoms with Crippen LogP contribution in [-0.2, 0) is 11.2 Å². The molecule has 4 rings (SSSR count). The zero-order chi connectivity index (χ0) is 29.7. The standard InChI is InChI=1S/C31H31F7O3/c1-3-5-18-6-7-19(16-23(18)32)21-9-12-26(30(36)27(21)33)40-15-14-31(37,38)20-8-11-24(41-17-20)22-10-13-25(39-4-2)29(35)28(22)34/h6-7,9-10,12-13,16,20,24H,3-5,8,11,14-15,17H2,1-2H3. The average Bonchev–Trinajstić information content (AvgIpc) is 2.95. The highest BCUT2D eigenvalue weighted by Crippen LogP contribution is 2.41. The van der Waals surface area contributed by atoms with Gasteiger partial charge in [0.25, 0.3) is 5.92 Å². The third-order valence-corrected chi connectivity index (χ3v) is 7.22. The Labute approximate surface area is 234 Å². The van der Waals surface area contributed by atoms with E-state index in [0.717, 1.165) is 18.6 Å². The Balaban J connectivity index is 1.34. The molecule has 0 amide bonds. The summed E-state index contributed by atoms with van der Waals surface area (Å²) in [6.07, 6.45) is -0.455. The van der Waals surface area contributed by atoms with Gasteiger partial charge >= 0.3 is 0 Å². The lowest BCUT2D eigenvalue weighted by molar-refractivity contribution is -0.136. The summed E-state index contributed by atoms with van der Waals surface area (Å²) in [5.74, 6) is -10.8. The van der Waals surface area contributed by atoms with Crippen LogP contribution < -0.4 is 9.47 Å². The molecule has 222 valence electrons. The second-order valence-electron chi connectivity index (χ2n) is 9.97. The van der Waals surface area contributed by atoms with Crippen LogP contribution in [0.2, 0.25) is 0 Å². The molecule has 0 saturated carbocycles. The van der Waals surface area contributed by atoms with Crippen molar-refractivity contribution >= 4 is 0 Å². The van der Waals surface area contributed by atoms with Crippen LogP contribution in [0.1, 0.15) is 56.8 Å². The molecule has 1 heterocycles. The largest absolute Gasteiger partial charge is 0.491 e. The first-order valence-corrected chi connectivity index (χ1v) is 13.6. The minimum atomic E-state index is -3.28. The summed E-state index contributed by atoms with van der Waals surface area (Å²) in [4.78, 5) is 0. The Hall–Kier alpha value is -3.27. The van der Waals surface area contributed by atoms with Gasteiger partial charge in [0, 0.05) is 23.5 Å². The molecule has 3 nitrogen and oxygen atoms in total. The van der Waals surface area contributed by atoms with E-state index in [4.69, 9.17) is 14.2 Å². The topological polar surface area (TPSA) is 27.7 Å². The third kappa shape index (κ3) is 6.80. The van der Waals surface area contributed by atoms with Crippen LogP contribution in [-0.4, -0.2) is 25.7 Å². The molecule has 41 heavy (non-hydrogen) atoms. The maximum Gasteiger partial charge on any atom is 0.256 e. The number of ether oxygens (including phenoxy) is 3. The lowest BCUT2D eigenvalue weighted by Gasteiger charge is -2.34. The van der Waals surface area contributed by atoms with Crippen LogP contribution >= 0.6 is 0 Å². The van der Waals surface area contributed by atoms with Crippen LogP contribution in [0.5, 0.6) is 11.5 Å². The van der Waals surface area contributed by atoms with E-state index in [1.807, 2.05) is 6.92 Å². The van der Waals surface area contributed by atoms with Gasteiger partial charge in [-0.2, -0.15) is 8.78 Å². The second-order valence-corrected chi connectivity index (χ2v) is 9.97. The predicted octanol–water partition coefficient (Wildman–Crippen LogP) is 8.97. The fourth-order valence-electron chi connectivity index (χ4n) is 4.95. The van der Waals surface area contributed by atoms with Gasteiger partial charge in [-0.15, -0.1) is 0 Å². The molecule has 3 aromatic rings. The molecule has 1 fully saturated rings. The monoisotopic (exact) mass is 584 g/mol. The molecule has 1 aliphatic rings. The van der Waals surface area contributed by atoms with Crippen molar-refractivity contribution in [2.75, 3.05) is 19.8 Å². The van der Waals surface area contributed by atoms with E-state index in [0.29, 0.717) is 12.0 Å². The Morgan fingerprint density at radius 2 is 1.54 bits per heavy atom. The maximum absolute atomic E-state index is 14.9. The number of alkyl halides is 2. The Bertz CT molecular complexity index is 1350. The van der Waals surface area contributed by atoms with Crippen molar-refractivity contribution < 1.29 is 44.9 Å². The summed E-state index contributed by atoms with van der Waals surface area (Å²) in [5.41, 5.74) is 0.353. The van der Waals surface area contributed by atoms with Crippen LogP contribution in [0, 0.1) is 35.0 Å². The molecule has 0 spiro atoms. The Kier molecular flexibility index (Phi) is 9.84. The maximum atomic E-state index is 14.9. The molecule has 0 aliphatic carbocycles. The summed E-state index contributed by atoms with van der Waals surface area (Å²) in [6.45, 7) is 2.66. The van der Waals surface area contributed by atoms with Crippen molar-refractivity contribution in [2.24, 2.45) is 5.92 Å². The average molecular weight is 585 g/mol. The van der Waals surface area contributed by atoms with Crippen molar-refractivity contribution in [1.82, 2.24) is 0 Å². The first kappa shape index (κ1) is 30.7. The van der Waals surface area contributed by atoms with Gasteiger partial charge in [0.1, 0.15) is 5.82 Å². The van der Waals surface area contributed by atoms with Crippen LogP contribution in [0.15, 0.2) is 42.5 Å². The fourth-order valence-corrected chi connectivity index (χ4v) is 4.95. The van der Waals surface area contributed by atoms with E-state index in [9.17, 15) is 30.7 Å². The van der Waals surface area contributed by atoms with E-state index < -0.39 is 72.4 Å². The molecule has 0 N–H and O–H groups in total. The first-order valence-electron chi connectivity index (χ1n) is 13.6. The minimum absolute atomic E-state index is 0.0305. The molecule has 2 unspecified atom stereocenters. The fraction of sp³-hybridized carbons (Fsp3) is 0.419. The molecule has 3 aromatic carbocycles. The molecule has 0 bridgehead atoms. The number of halogens is 7.